The highest BCUT2D eigenvalue weighted by Crippen LogP contribution is 2.27. The first-order valence-electron chi connectivity index (χ1n) is 10.5. The van der Waals surface area contributed by atoms with E-state index in [1.165, 1.54) is 25.3 Å². The quantitative estimate of drug-likeness (QED) is 0.489. The number of nitrogens with one attached hydrogen (secondary N) is 1. The van der Waals surface area contributed by atoms with Crippen molar-refractivity contribution in [2.24, 2.45) is 0 Å². The summed E-state index contributed by atoms with van der Waals surface area (Å²) < 4.78 is 11.8. The molecule has 9 nitrogen and oxygen atoms in total. The third kappa shape index (κ3) is 5.55. The van der Waals surface area contributed by atoms with Gasteiger partial charge in [0.15, 0.2) is 0 Å². The molecule has 2 aromatic carbocycles. The Morgan fingerprint density at radius 2 is 1.85 bits per heavy atom. The molecule has 34 heavy (non-hydrogen) atoms. The van der Waals surface area contributed by atoms with Crippen molar-refractivity contribution >= 4 is 35.1 Å². The minimum atomic E-state index is -0.437. The Bertz CT molecular complexity index is 1210. The summed E-state index contributed by atoms with van der Waals surface area (Å²) in [4.78, 5) is 38.6. The smallest absolute Gasteiger partial charge is 0.341 e. The highest BCUT2D eigenvalue weighted by Gasteiger charge is 2.18. The van der Waals surface area contributed by atoms with Gasteiger partial charge in [-0.2, -0.15) is 5.10 Å². The third-order valence-electron chi connectivity index (χ3n) is 5.03. The average Bonchev–Trinajstić information content (AvgIpc) is 3.20. The minimum absolute atomic E-state index is 0.169. The van der Waals surface area contributed by atoms with Crippen molar-refractivity contribution in [3.63, 3.8) is 0 Å². The van der Waals surface area contributed by atoms with Crippen LogP contribution in [0.4, 0.5) is 5.69 Å². The molecule has 0 bridgehead atoms. The van der Waals surface area contributed by atoms with Crippen molar-refractivity contribution in [1.82, 2.24) is 14.7 Å². The molecule has 3 rings (SSSR count). The van der Waals surface area contributed by atoms with Gasteiger partial charge in [0.05, 0.1) is 43.5 Å². The van der Waals surface area contributed by atoms with Crippen LogP contribution in [0, 0.1) is 6.92 Å². The molecule has 0 unspecified atom stereocenters. The van der Waals surface area contributed by atoms with E-state index in [1.54, 1.807) is 61.0 Å². The van der Waals surface area contributed by atoms with E-state index in [0.717, 1.165) is 0 Å². The lowest BCUT2D eigenvalue weighted by Crippen LogP contribution is -2.35. The van der Waals surface area contributed by atoms with Crippen LogP contribution in [0.5, 0.6) is 5.75 Å². The van der Waals surface area contributed by atoms with Gasteiger partial charge >= 0.3 is 5.97 Å². The number of aromatic nitrogens is 2. The first-order chi connectivity index (χ1) is 16.2. The molecule has 0 aliphatic carbocycles. The van der Waals surface area contributed by atoms with Crippen molar-refractivity contribution in [3.05, 3.63) is 70.5 Å². The zero-order chi connectivity index (χ0) is 24.8. The number of anilines is 1. The number of carbonyl (C=O) groups is 3. The van der Waals surface area contributed by atoms with Crippen LogP contribution in [-0.2, 0) is 9.53 Å². The summed E-state index contributed by atoms with van der Waals surface area (Å²) in [5.41, 5.74) is 2.50. The van der Waals surface area contributed by atoms with Gasteiger partial charge in [0.25, 0.3) is 5.91 Å². The van der Waals surface area contributed by atoms with Crippen molar-refractivity contribution < 1.29 is 23.9 Å². The minimum Gasteiger partial charge on any atom is -0.495 e. The van der Waals surface area contributed by atoms with Crippen LogP contribution in [-0.4, -0.2) is 59.8 Å². The van der Waals surface area contributed by atoms with Crippen molar-refractivity contribution in [3.8, 4) is 11.4 Å². The van der Waals surface area contributed by atoms with Crippen LogP contribution in [0.3, 0.4) is 0 Å². The van der Waals surface area contributed by atoms with Gasteiger partial charge in [0.2, 0.25) is 5.91 Å². The maximum Gasteiger partial charge on any atom is 0.341 e. The van der Waals surface area contributed by atoms with E-state index in [-0.39, 0.29) is 19.1 Å². The predicted octanol–water partition coefficient (Wildman–Crippen LogP) is 3.73. The molecule has 0 saturated heterocycles. The zero-order valence-electron chi connectivity index (χ0n) is 19.3. The summed E-state index contributed by atoms with van der Waals surface area (Å²) in [5.74, 6) is -0.702. The van der Waals surface area contributed by atoms with Crippen molar-refractivity contribution in [2.45, 2.75) is 13.8 Å². The molecule has 2 amide bonds. The lowest BCUT2D eigenvalue weighted by molar-refractivity contribution is -0.116. The summed E-state index contributed by atoms with van der Waals surface area (Å²) in [6, 6.07) is 11.6. The Labute approximate surface area is 202 Å². The van der Waals surface area contributed by atoms with Gasteiger partial charge in [0, 0.05) is 17.6 Å². The first-order valence-corrected chi connectivity index (χ1v) is 10.8. The number of hydrogen-bond acceptors (Lipinski definition) is 6. The van der Waals surface area contributed by atoms with E-state index in [1.807, 2.05) is 0 Å². The summed E-state index contributed by atoms with van der Waals surface area (Å²) in [5, 5.41) is 7.40. The topological polar surface area (TPSA) is 103 Å². The predicted molar refractivity (Wildman–Crippen MR) is 128 cm³/mol. The van der Waals surface area contributed by atoms with Gasteiger partial charge < -0.3 is 19.7 Å². The second-order valence-corrected chi connectivity index (χ2v) is 7.81. The van der Waals surface area contributed by atoms with E-state index >= 15 is 0 Å². The van der Waals surface area contributed by atoms with Crippen LogP contribution in [0.2, 0.25) is 5.02 Å². The maximum atomic E-state index is 12.8. The number of ether oxygens (including phenoxy) is 2. The SMILES string of the molecule is CCOC(=O)c1cnn(-c2ccc(C(=O)N(C)CC(=O)Nc3cc(Cl)ccc3OC)cc2)c1C. The number of esters is 1. The average molecular weight is 485 g/mol. The second-order valence-electron chi connectivity index (χ2n) is 7.38. The molecule has 0 saturated carbocycles. The molecule has 0 aliphatic rings. The van der Waals surface area contributed by atoms with Crippen molar-refractivity contribution in [1.29, 1.82) is 0 Å². The molecule has 3 aromatic rings. The normalized spacial score (nSPS) is 10.5. The third-order valence-corrected chi connectivity index (χ3v) is 5.26. The Morgan fingerprint density at radius 3 is 2.50 bits per heavy atom. The summed E-state index contributed by atoms with van der Waals surface area (Å²) in [6.45, 7) is 3.61. The fourth-order valence-corrected chi connectivity index (χ4v) is 3.47. The molecular formula is C24H25ClN4O5. The highest BCUT2D eigenvalue weighted by molar-refractivity contribution is 6.31. The van der Waals surface area contributed by atoms with Crippen LogP contribution >= 0.6 is 11.6 Å². The van der Waals surface area contributed by atoms with Gasteiger partial charge in [-0.1, -0.05) is 11.6 Å². The van der Waals surface area contributed by atoms with E-state index in [4.69, 9.17) is 21.1 Å². The second kappa shape index (κ2) is 10.8. The van der Waals surface area contributed by atoms with Crippen LogP contribution < -0.4 is 10.1 Å². The molecule has 1 N–H and O–H groups in total. The van der Waals surface area contributed by atoms with E-state index in [0.29, 0.717) is 39.0 Å². The van der Waals surface area contributed by atoms with Gasteiger partial charge in [-0.15, -0.1) is 0 Å². The number of halogens is 1. The highest BCUT2D eigenvalue weighted by atomic mass is 35.5. The zero-order valence-corrected chi connectivity index (χ0v) is 20.0. The van der Waals surface area contributed by atoms with Gasteiger partial charge in [0.1, 0.15) is 11.3 Å². The van der Waals surface area contributed by atoms with Crippen LogP contribution in [0.25, 0.3) is 5.69 Å². The molecule has 1 heterocycles. The van der Waals surface area contributed by atoms with E-state index < -0.39 is 11.9 Å². The monoisotopic (exact) mass is 484 g/mol. The van der Waals surface area contributed by atoms with Crippen LogP contribution in [0.1, 0.15) is 33.3 Å². The van der Waals surface area contributed by atoms with Gasteiger partial charge in [-0.05, 0) is 56.3 Å². The number of methoxy groups -OCH3 is 1. The van der Waals surface area contributed by atoms with Crippen LogP contribution in [0.15, 0.2) is 48.7 Å². The fourth-order valence-electron chi connectivity index (χ4n) is 3.30. The van der Waals surface area contributed by atoms with E-state index in [9.17, 15) is 14.4 Å². The molecule has 1 aromatic heterocycles. The Morgan fingerprint density at radius 1 is 1.15 bits per heavy atom. The lowest BCUT2D eigenvalue weighted by atomic mass is 10.1. The standard InChI is InChI=1S/C24H25ClN4O5/c1-5-34-24(32)19-13-26-29(15(19)2)18-9-6-16(7-10-18)23(31)28(3)14-22(30)27-20-12-17(25)8-11-21(20)33-4/h6-13H,5,14H2,1-4H3,(H,27,30). The molecule has 0 radical (unpaired) electrons. The fraction of sp³-hybridized carbons (Fsp3) is 0.250. The number of amides is 2. The summed E-state index contributed by atoms with van der Waals surface area (Å²) in [7, 11) is 3.02. The largest absolute Gasteiger partial charge is 0.495 e. The molecular weight excluding hydrogens is 460 g/mol. The Hall–Kier alpha value is -3.85. The number of benzene rings is 2. The lowest BCUT2D eigenvalue weighted by Gasteiger charge is -2.18. The number of rotatable bonds is 8. The molecule has 0 aliphatic heterocycles. The number of hydrogen-bond donors (Lipinski definition) is 1. The maximum absolute atomic E-state index is 12.8. The Kier molecular flexibility index (Phi) is 7.91. The molecule has 0 atom stereocenters. The number of nitrogens with zero attached hydrogens (tertiary/aromatic N) is 3. The Balaban J connectivity index is 1.67. The van der Waals surface area contributed by atoms with Gasteiger partial charge in [-0.25, -0.2) is 9.48 Å². The molecule has 0 fully saturated rings. The van der Waals surface area contributed by atoms with Gasteiger partial charge in [-0.3, -0.25) is 9.59 Å². The first kappa shape index (κ1) is 24.8. The number of carbonyl (C=O) groups excluding carboxylic acids is 3. The van der Waals surface area contributed by atoms with E-state index in [2.05, 4.69) is 10.4 Å². The molecule has 178 valence electrons. The summed E-state index contributed by atoms with van der Waals surface area (Å²) >= 11 is 5.99. The van der Waals surface area contributed by atoms with Crippen molar-refractivity contribution in [2.75, 3.05) is 32.6 Å². The molecule has 10 heteroatoms. The number of likely N-dealkylation sites (N-methyl/N-ethyl adjacent to an activating group) is 1. The molecule has 0 spiro atoms. The summed E-state index contributed by atoms with van der Waals surface area (Å²) in [6.07, 6.45) is 1.45.